The predicted octanol–water partition coefficient (Wildman–Crippen LogP) is 5.48. The normalized spacial score (nSPS) is 54.1. The van der Waals surface area contributed by atoms with Crippen LogP contribution in [0.1, 0.15) is 98.8 Å². The van der Waals surface area contributed by atoms with E-state index in [1.54, 1.807) is 6.92 Å². The van der Waals surface area contributed by atoms with E-state index in [9.17, 15) is 29.7 Å². The summed E-state index contributed by atoms with van der Waals surface area (Å²) < 4.78 is 0. The second-order valence-electron chi connectivity index (χ2n) is 14.4. The molecule has 6 heteroatoms. The average Bonchev–Trinajstić information content (AvgIpc) is 2.82. The van der Waals surface area contributed by atoms with E-state index in [1.165, 1.54) is 5.57 Å². The van der Waals surface area contributed by atoms with Crippen LogP contribution in [0.25, 0.3) is 0 Å². The van der Waals surface area contributed by atoms with Crippen molar-refractivity contribution in [3.63, 3.8) is 0 Å². The molecule has 6 nitrogen and oxygen atoms in total. The van der Waals surface area contributed by atoms with Gasteiger partial charge in [0, 0.05) is 0 Å². The molecular formula is C30H44O6. The van der Waals surface area contributed by atoms with Crippen molar-refractivity contribution >= 4 is 18.2 Å². The quantitative estimate of drug-likeness (QED) is 0.350. The fraction of sp³-hybridized carbons (Fsp3) is 0.833. The fourth-order valence-electron chi connectivity index (χ4n) is 10.5. The number of aldehydes is 1. The van der Waals surface area contributed by atoms with Crippen molar-refractivity contribution in [3.05, 3.63) is 11.6 Å². The summed E-state index contributed by atoms with van der Waals surface area (Å²) >= 11 is 0. The number of carbonyl (C=O) groups excluding carboxylic acids is 1. The SMILES string of the molecule is C[C@@]1(C(=O)O)CC[C@]2(C(=O)O)CC[C@]3(C)C(=CC[C@@H]4[C@@]5(C)CC[C@H](O)[C@@](C)(C=O)[C@@H]5CC[C@]43C)[C@@H]2C1. The molecular weight excluding hydrogens is 456 g/mol. The summed E-state index contributed by atoms with van der Waals surface area (Å²) in [6.07, 6.45) is 9.45. The maximum Gasteiger partial charge on any atom is 0.310 e. The third-order valence-electron chi connectivity index (χ3n) is 13.3. The van der Waals surface area contributed by atoms with Crippen LogP contribution in [0.15, 0.2) is 11.6 Å². The Morgan fingerprint density at radius 2 is 1.56 bits per heavy atom. The van der Waals surface area contributed by atoms with E-state index in [1.807, 2.05) is 6.92 Å². The van der Waals surface area contributed by atoms with Gasteiger partial charge in [-0.3, -0.25) is 9.59 Å². The van der Waals surface area contributed by atoms with Crippen LogP contribution < -0.4 is 0 Å². The maximum absolute atomic E-state index is 12.8. The van der Waals surface area contributed by atoms with Crippen molar-refractivity contribution in [3.8, 4) is 0 Å². The van der Waals surface area contributed by atoms with Gasteiger partial charge in [-0.1, -0.05) is 39.3 Å². The third kappa shape index (κ3) is 2.91. The molecule has 0 amide bonds. The Kier molecular flexibility index (Phi) is 5.53. The molecule has 0 saturated heterocycles. The summed E-state index contributed by atoms with van der Waals surface area (Å²) in [6, 6.07) is 0. The number of aliphatic hydroxyl groups is 1. The van der Waals surface area contributed by atoms with Gasteiger partial charge in [0.05, 0.1) is 22.3 Å². The molecule has 200 valence electrons. The van der Waals surface area contributed by atoms with Gasteiger partial charge in [-0.15, -0.1) is 0 Å². The number of fused-ring (bicyclic) bond motifs is 7. The van der Waals surface area contributed by atoms with Gasteiger partial charge in [0.1, 0.15) is 6.29 Å². The summed E-state index contributed by atoms with van der Waals surface area (Å²) in [5.41, 5.74) is -1.70. The maximum atomic E-state index is 12.8. The van der Waals surface area contributed by atoms with Crippen molar-refractivity contribution in [1.29, 1.82) is 0 Å². The summed E-state index contributed by atoms with van der Waals surface area (Å²) in [5.74, 6) is -1.41. The van der Waals surface area contributed by atoms with Gasteiger partial charge >= 0.3 is 11.9 Å². The molecule has 0 bridgehead atoms. The van der Waals surface area contributed by atoms with E-state index in [4.69, 9.17) is 0 Å². The van der Waals surface area contributed by atoms with Crippen molar-refractivity contribution in [1.82, 2.24) is 0 Å². The highest BCUT2D eigenvalue weighted by Crippen LogP contribution is 2.75. The first kappa shape index (κ1) is 25.9. The second-order valence-corrected chi connectivity index (χ2v) is 14.4. The molecule has 3 N–H and O–H groups in total. The number of carboxylic acids is 2. The molecule has 4 saturated carbocycles. The minimum atomic E-state index is -0.907. The molecule has 4 fully saturated rings. The molecule has 0 aliphatic heterocycles. The Hall–Kier alpha value is -1.69. The number of carbonyl (C=O) groups is 3. The van der Waals surface area contributed by atoms with E-state index in [2.05, 4.69) is 26.8 Å². The molecule has 0 spiro atoms. The highest BCUT2D eigenvalue weighted by atomic mass is 16.4. The summed E-state index contributed by atoms with van der Waals surface area (Å²) in [6.45, 7) is 10.8. The minimum absolute atomic E-state index is 0.0733. The van der Waals surface area contributed by atoms with Crippen LogP contribution in [0.2, 0.25) is 0 Å². The lowest BCUT2D eigenvalue weighted by atomic mass is 9.33. The highest BCUT2D eigenvalue weighted by Gasteiger charge is 2.70. The van der Waals surface area contributed by atoms with Gasteiger partial charge < -0.3 is 20.1 Å². The fourth-order valence-corrected chi connectivity index (χ4v) is 10.5. The molecule has 5 rings (SSSR count). The van der Waals surface area contributed by atoms with Crippen LogP contribution in [-0.4, -0.2) is 39.6 Å². The van der Waals surface area contributed by atoms with E-state index < -0.39 is 34.3 Å². The minimum Gasteiger partial charge on any atom is -0.481 e. The van der Waals surface area contributed by atoms with Crippen LogP contribution in [0, 0.1) is 50.2 Å². The lowest BCUT2D eigenvalue weighted by molar-refractivity contribution is -0.205. The number of aliphatic carboxylic acids is 2. The number of hydrogen-bond donors (Lipinski definition) is 3. The molecule has 0 aromatic rings. The summed E-state index contributed by atoms with van der Waals surface area (Å²) in [4.78, 5) is 37.3. The average molecular weight is 501 g/mol. The largest absolute Gasteiger partial charge is 0.481 e. The van der Waals surface area contributed by atoms with Gasteiger partial charge in [0.2, 0.25) is 0 Å². The van der Waals surface area contributed by atoms with Gasteiger partial charge in [0.15, 0.2) is 0 Å². The van der Waals surface area contributed by atoms with Crippen molar-refractivity contribution in [2.45, 2.75) is 105 Å². The first-order valence-electron chi connectivity index (χ1n) is 14.0. The smallest absolute Gasteiger partial charge is 0.310 e. The van der Waals surface area contributed by atoms with Crippen LogP contribution in [0.4, 0.5) is 0 Å². The van der Waals surface area contributed by atoms with Crippen molar-refractivity contribution < 1.29 is 29.7 Å². The van der Waals surface area contributed by atoms with Crippen LogP contribution in [-0.2, 0) is 14.4 Å². The number of rotatable bonds is 3. The van der Waals surface area contributed by atoms with Crippen LogP contribution in [0.5, 0.6) is 0 Å². The Morgan fingerprint density at radius 3 is 2.17 bits per heavy atom. The first-order chi connectivity index (χ1) is 16.6. The molecule has 0 aromatic heterocycles. The Labute approximate surface area is 214 Å². The van der Waals surface area contributed by atoms with Gasteiger partial charge in [-0.05, 0) is 105 Å². The van der Waals surface area contributed by atoms with E-state index >= 15 is 0 Å². The standard InChI is InChI=1S/C30H44O6/c1-25(23(33)34)12-14-30(24(35)36)15-13-28(4)18(19(30)16-25)6-7-21-26(2)10-9-22(32)27(3,17-31)20(26)8-11-29(21,28)5/h6,17,19-22,32H,7-16H2,1-5H3,(H,33,34)(H,35,36)/t19-,20+,21+,22-,25+,26-,27-,28+,29+,30-/m0/s1. The predicted molar refractivity (Wildman–Crippen MR) is 135 cm³/mol. The van der Waals surface area contributed by atoms with E-state index in [0.717, 1.165) is 38.4 Å². The zero-order valence-corrected chi connectivity index (χ0v) is 22.6. The monoisotopic (exact) mass is 500 g/mol. The molecule has 0 aromatic carbocycles. The Morgan fingerprint density at radius 1 is 0.889 bits per heavy atom. The second kappa shape index (κ2) is 7.68. The molecule has 36 heavy (non-hydrogen) atoms. The number of aliphatic hydroxyl groups excluding tert-OH is 1. The topological polar surface area (TPSA) is 112 Å². The number of hydrogen-bond acceptors (Lipinski definition) is 4. The van der Waals surface area contributed by atoms with E-state index in [0.29, 0.717) is 38.0 Å². The summed E-state index contributed by atoms with van der Waals surface area (Å²) in [7, 11) is 0. The zero-order valence-electron chi connectivity index (χ0n) is 22.6. The molecule has 0 heterocycles. The van der Waals surface area contributed by atoms with Gasteiger partial charge in [-0.25, -0.2) is 0 Å². The number of allylic oxidation sites excluding steroid dienone is 2. The van der Waals surface area contributed by atoms with E-state index in [-0.39, 0.29) is 28.1 Å². The van der Waals surface area contributed by atoms with Crippen LogP contribution in [0.3, 0.4) is 0 Å². The molecule has 5 aliphatic rings. The molecule has 5 aliphatic carbocycles. The molecule has 0 unspecified atom stereocenters. The lowest BCUT2D eigenvalue weighted by Gasteiger charge is -2.70. The van der Waals surface area contributed by atoms with Gasteiger partial charge in [-0.2, -0.15) is 0 Å². The van der Waals surface area contributed by atoms with Crippen LogP contribution >= 0.6 is 0 Å². The molecule has 10 atom stereocenters. The summed E-state index contributed by atoms with van der Waals surface area (Å²) in [5, 5.41) is 31.4. The highest BCUT2D eigenvalue weighted by molar-refractivity contribution is 5.79. The van der Waals surface area contributed by atoms with Gasteiger partial charge in [0.25, 0.3) is 0 Å². The lowest BCUT2D eigenvalue weighted by Crippen LogP contribution is -2.65. The molecule has 0 radical (unpaired) electrons. The Bertz CT molecular complexity index is 1030. The van der Waals surface area contributed by atoms with Crippen molar-refractivity contribution in [2.24, 2.45) is 50.2 Å². The zero-order chi connectivity index (χ0) is 26.5. The third-order valence-corrected chi connectivity index (χ3v) is 13.3. The Balaban J connectivity index is 1.61. The first-order valence-corrected chi connectivity index (χ1v) is 14.0. The van der Waals surface area contributed by atoms with Crippen molar-refractivity contribution in [2.75, 3.05) is 0 Å². The number of carboxylic acid groups (broad SMARTS) is 2.